The summed E-state index contributed by atoms with van der Waals surface area (Å²) in [6.45, 7) is 2.13. The van der Waals surface area contributed by atoms with Crippen molar-refractivity contribution >= 4 is 5.97 Å². The molecule has 0 aliphatic rings. The van der Waals surface area contributed by atoms with Crippen LogP contribution in [-0.4, -0.2) is 11.1 Å². The van der Waals surface area contributed by atoms with Gasteiger partial charge in [-0.1, -0.05) is 25.8 Å². The minimum Gasteiger partial charge on any atom is -0.478 e. The van der Waals surface area contributed by atoms with Crippen LogP contribution in [0.4, 0.5) is 0 Å². The normalized spacial score (nSPS) is 9.55. The van der Waals surface area contributed by atoms with E-state index in [-0.39, 0.29) is 17.4 Å². The number of rotatable bonds is 5. The third-order valence-corrected chi connectivity index (χ3v) is 1.23. The molecule has 0 saturated carbocycles. The Hall–Kier alpha value is -0.258. The molecule has 3 heteroatoms. The van der Waals surface area contributed by atoms with E-state index < -0.39 is 5.97 Å². The first-order chi connectivity index (χ1) is 4.77. The van der Waals surface area contributed by atoms with Crippen LogP contribution in [0.5, 0.6) is 0 Å². The van der Waals surface area contributed by atoms with Crippen molar-refractivity contribution < 1.29 is 27.3 Å². The zero-order chi connectivity index (χ0) is 7.82. The molecule has 0 bridgehead atoms. The zero-order valence-corrected chi connectivity index (χ0v) is 8.02. The summed E-state index contributed by atoms with van der Waals surface area (Å²) in [5.74, 6) is -0.850. The van der Waals surface area contributed by atoms with E-state index in [9.17, 15) is 4.79 Å². The summed E-state index contributed by atoms with van der Waals surface area (Å²) in [5, 5.41) is 8.18. The quantitative estimate of drug-likeness (QED) is 0.538. The average molecular weight is 194 g/mol. The fourth-order valence-corrected chi connectivity index (χ4v) is 0.696. The van der Waals surface area contributed by atoms with Gasteiger partial charge in [0.05, 0.1) is 0 Å². The molecule has 0 fully saturated rings. The molecule has 0 rings (SSSR count). The Bertz CT molecular complexity index is 121. The Morgan fingerprint density at radius 1 is 1.45 bits per heavy atom. The van der Waals surface area contributed by atoms with Gasteiger partial charge in [-0.3, -0.25) is 0 Å². The second kappa shape index (κ2) is 9.74. The third-order valence-electron chi connectivity index (χ3n) is 1.23. The molecule has 0 saturated heterocycles. The maximum atomic E-state index is 9.95. The maximum absolute atomic E-state index is 9.95. The first kappa shape index (κ1) is 13.3. The van der Waals surface area contributed by atoms with Gasteiger partial charge in [-0.2, -0.15) is 0 Å². The third kappa shape index (κ3) is 12.8. The van der Waals surface area contributed by atoms with Crippen molar-refractivity contribution in [3.05, 3.63) is 12.2 Å². The van der Waals surface area contributed by atoms with E-state index in [4.69, 9.17) is 5.11 Å². The molecule has 0 aromatic heterocycles. The van der Waals surface area contributed by atoms with Crippen molar-refractivity contribution in [2.45, 2.75) is 32.6 Å². The van der Waals surface area contributed by atoms with Gasteiger partial charge in [0.25, 0.3) is 0 Å². The molecule has 0 aromatic carbocycles. The summed E-state index contributed by atoms with van der Waals surface area (Å²) in [4.78, 5) is 9.95. The molecule has 0 aliphatic heterocycles. The molecule has 0 atom stereocenters. The summed E-state index contributed by atoms with van der Waals surface area (Å²) in [7, 11) is 0. The van der Waals surface area contributed by atoms with Gasteiger partial charge in [0.2, 0.25) is 0 Å². The van der Waals surface area contributed by atoms with Gasteiger partial charge in [-0.15, -0.1) is 0 Å². The topological polar surface area (TPSA) is 37.3 Å². The summed E-state index contributed by atoms with van der Waals surface area (Å²) >= 11 is 0. The Morgan fingerprint density at radius 3 is 2.55 bits per heavy atom. The number of allylic oxidation sites excluding steroid dienone is 1. The Labute approximate surface area is 78.4 Å². The van der Waals surface area contributed by atoms with E-state index in [1.807, 2.05) is 0 Å². The molecule has 1 N–H and O–H groups in total. The van der Waals surface area contributed by atoms with Gasteiger partial charge >= 0.3 is 5.97 Å². The number of hydrogen-bond donors (Lipinski definition) is 1. The number of carboxylic acids is 1. The van der Waals surface area contributed by atoms with E-state index in [1.165, 1.54) is 18.9 Å². The minimum atomic E-state index is -0.850. The van der Waals surface area contributed by atoms with Gasteiger partial charge in [0, 0.05) is 23.4 Å². The Morgan fingerprint density at radius 2 is 2.09 bits per heavy atom. The molecule has 0 spiro atoms. The standard InChI is InChI=1S/C8H14O2.Cr/c1-2-3-4-5-6-7-8(9)10;/h6-7H,2-5H2,1H3,(H,9,10);. The van der Waals surface area contributed by atoms with Crippen molar-refractivity contribution in [1.82, 2.24) is 0 Å². The predicted molar refractivity (Wildman–Crippen MR) is 40.9 cm³/mol. The molecule has 0 amide bonds. The van der Waals surface area contributed by atoms with Crippen molar-refractivity contribution in [2.24, 2.45) is 0 Å². The van der Waals surface area contributed by atoms with Gasteiger partial charge in [-0.05, 0) is 12.8 Å². The molecule has 0 aliphatic carbocycles. The summed E-state index contributed by atoms with van der Waals surface area (Å²) in [6.07, 6.45) is 7.26. The van der Waals surface area contributed by atoms with Crippen LogP contribution in [-0.2, 0) is 22.2 Å². The first-order valence-corrected chi connectivity index (χ1v) is 3.67. The first-order valence-electron chi connectivity index (χ1n) is 3.67. The van der Waals surface area contributed by atoms with Crippen molar-refractivity contribution in [2.75, 3.05) is 0 Å². The van der Waals surface area contributed by atoms with Crippen LogP contribution in [0.2, 0.25) is 0 Å². The van der Waals surface area contributed by atoms with E-state index in [1.54, 1.807) is 6.08 Å². The molecule has 2 nitrogen and oxygen atoms in total. The molecule has 0 unspecified atom stereocenters. The molecule has 11 heavy (non-hydrogen) atoms. The van der Waals surface area contributed by atoms with E-state index >= 15 is 0 Å². The molecular weight excluding hydrogens is 180 g/mol. The van der Waals surface area contributed by atoms with Crippen molar-refractivity contribution in [1.29, 1.82) is 0 Å². The Balaban J connectivity index is 0. The van der Waals surface area contributed by atoms with Gasteiger partial charge < -0.3 is 5.11 Å². The number of aliphatic carboxylic acids is 1. The van der Waals surface area contributed by atoms with E-state index in [0.29, 0.717) is 0 Å². The second-order valence-corrected chi connectivity index (χ2v) is 2.24. The molecule has 64 valence electrons. The fourth-order valence-electron chi connectivity index (χ4n) is 0.696. The smallest absolute Gasteiger partial charge is 0.327 e. The largest absolute Gasteiger partial charge is 0.478 e. The summed E-state index contributed by atoms with van der Waals surface area (Å²) in [5.41, 5.74) is 0. The van der Waals surface area contributed by atoms with Crippen molar-refractivity contribution in [3.63, 3.8) is 0 Å². The van der Waals surface area contributed by atoms with Crippen LogP contribution in [0.25, 0.3) is 0 Å². The molecule has 0 aromatic rings. The maximum Gasteiger partial charge on any atom is 0.327 e. The minimum absolute atomic E-state index is 0. The predicted octanol–water partition coefficient (Wildman–Crippen LogP) is 2.20. The van der Waals surface area contributed by atoms with Crippen molar-refractivity contribution in [3.8, 4) is 0 Å². The fraction of sp³-hybridized carbons (Fsp3) is 0.625. The molecular formula is C8H14CrO2. The van der Waals surface area contributed by atoms with Gasteiger partial charge in [0.15, 0.2) is 0 Å². The molecule has 0 radical (unpaired) electrons. The molecule has 0 heterocycles. The SMILES string of the molecule is CCCCCC=CC(=O)O.[Cr]. The van der Waals surface area contributed by atoms with Gasteiger partial charge in [-0.25, -0.2) is 4.79 Å². The van der Waals surface area contributed by atoms with E-state index in [0.717, 1.165) is 12.8 Å². The summed E-state index contributed by atoms with van der Waals surface area (Å²) in [6, 6.07) is 0. The summed E-state index contributed by atoms with van der Waals surface area (Å²) < 4.78 is 0. The van der Waals surface area contributed by atoms with Crippen LogP contribution in [0, 0.1) is 0 Å². The van der Waals surface area contributed by atoms with Crippen LogP contribution < -0.4 is 0 Å². The number of carbonyl (C=O) groups is 1. The van der Waals surface area contributed by atoms with Crippen LogP contribution in [0.15, 0.2) is 12.2 Å². The van der Waals surface area contributed by atoms with Crippen LogP contribution >= 0.6 is 0 Å². The average Bonchev–Trinajstić information content (AvgIpc) is 1.87. The monoisotopic (exact) mass is 194 g/mol. The van der Waals surface area contributed by atoms with Crippen LogP contribution in [0.1, 0.15) is 32.6 Å². The Kier molecular flexibility index (Phi) is 11.8. The second-order valence-electron chi connectivity index (χ2n) is 2.24. The number of hydrogen-bond acceptors (Lipinski definition) is 1. The number of unbranched alkanes of at least 4 members (excludes halogenated alkanes) is 3. The zero-order valence-electron chi connectivity index (χ0n) is 6.75. The van der Waals surface area contributed by atoms with E-state index in [2.05, 4.69) is 6.92 Å². The van der Waals surface area contributed by atoms with Gasteiger partial charge in [0.1, 0.15) is 0 Å². The number of carboxylic acid groups (broad SMARTS) is 1. The van der Waals surface area contributed by atoms with Crippen LogP contribution in [0.3, 0.4) is 0 Å².